The first kappa shape index (κ1) is 11.3. The monoisotopic (exact) mass is 235 g/mol. The Morgan fingerprint density at radius 3 is 3.06 bits per heavy atom. The molecular weight excluding hydrogens is 222 g/mol. The third kappa shape index (κ3) is 2.68. The maximum atomic E-state index is 11.7. The molecule has 0 spiro atoms. The van der Waals surface area contributed by atoms with Crippen LogP contribution < -0.4 is 5.32 Å². The number of hydrogen-bond acceptors (Lipinski definition) is 5. The molecule has 2 aromatic rings. The molecule has 7 nitrogen and oxygen atoms in total. The van der Waals surface area contributed by atoms with Gasteiger partial charge < -0.3 is 4.52 Å². The van der Waals surface area contributed by atoms with Crippen molar-refractivity contribution >= 4 is 11.8 Å². The number of anilines is 1. The third-order valence-electron chi connectivity index (χ3n) is 2.09. The normalized spacial score (nSPS) is 10.5. The molecular formula is C10H13N5O2. The van der Waals surface area contributed by atoms with Crippen molar-refractivity contribution in [3.8, 4) is 0 Å². The molecule has 17 heavy (non-hydrogen) atoms. The number of nitrogens with zero attached hydrogens (tertiary/aromatic N) is 3. The van der Waals surface area contributed by atoms with Crippen molar-refractivity contribution in [3.05, 3.63) is 23.4 Å². The van der Waals surface area contributed by atoms with Crippen molar-refractivity contribution in [1.82, 2.24) is 20.3 Å². The SMILES string of the molecule is CCCc1nc(C(=O)Nc2cc(C)no2)n[nH]1. The van der Waals surface area contributed by atoms with Gasteiger partial charge in [0.15, 0.2) is 0 Å². The summed E-state index contributed by atoms with van der Waals surface area (Å²) in [4.78, 5) is 15.8. The molecule has 0 aliphatic heterocycles. The van der Waals surface area contributed by atoms with Crippen LogP contribution >= 0.6 is 0 Å². The van der Waals surface area contributed by atoms with Gasteiger partial charge in [0.2, 0.25) is 11.7 Å². The molecule has 0 atom stereocenters. The van der Waals surface area contributed by atoms with Gasteiger partial charge in [-0.3, -0.25) is 15.2 Å². The summed E-state index contributed by atoms with van der Waals surface area (Å²) in [5.74, 6) is 0.669. The van der Waals surface area contributed by atoms with Gasteiger partial charge in [-0.2, -0.15) is 0 Å². The van der Waals surface area contributed by atoms with Gasteiger partial charge in [-0.15, -0.1) is 5.10 Å². The molecule has 0 aliphatic rings. The Bertz CT molecular complexity index is 516. The standard InChI is InChI=1S/C10H13N5O2/c1-3-4-7-11-9(14-13-7)10(16)12-8-5-6(2)15-17-8/h5H,3-4H2,1-2H3,(H,12,16)(H,11,13,14). The average molecular weight is 235 g/mol. The molecule has 2 heterocycles. The van der Waals surface area contributed by atoms with Crippen LogP contribution in [0.3, 0.4) is 0 Å². The second kappa shape index (κ2) is 4.77. The van der Waals surface area contributed by atoms with E-state index in [1.165, 1.54) is 0 Å². The van der Waals surface area contributed by atoms with E-state index in [1.807, 2.05) is 6.92 Å². The largest absolute Gasteiger partial charge is 0.338 e. The van der Waals surface area contributed by atoms with E-state index < -0.39 is 5.91 Å². The minimum atomic E-state index is -0.417. The van der Waals surface area contributed by atoms with Crippen LogP contribution in [-0.2, 0) is 6.42 Å². The highest BCUT2D eigenvalue weighted by Crippen LogP contribution is 2.09. The molecule has 0 unspecified atom stereocenters. The van der Waals surface area contributed by atoms with Gasteiger partial charge in [-0.25, -0.2) is 4.98 Å². The summed E-state index contributed by atoms with van der Waals surface area (Å²) in [5, 5.41) is 12.7. The van der Waals surface area contributed by atoms with Gasteiger partial charge in [0.05, 0.1) is 5.69 Å². The highest BCUT2D eigenvalue weighted by atomic mass is 16.5. The lowest BCUT2D eigenvalue weighted by atomic mass is 10.3. The predicted octanol–water partition coefficient (Wildman–Crippen LogP) is 1.31. The molecule has 0 radical (unpaired) electrons. The van der Waals surface area contributed by atoms with Gasteiger partial charge in [-0.1, -0.05) is 12.1 Å². The highest BCUT2D eigenvalue weighted by molar-refractivity contribution is 6.00. The first-order chi connectivity index (χ1) is 8.19. The zero-order valence-corrected chi connectivity index (χ0v) is 9.65. The summed E-state index contributed by atoms with van der Waals surface area (Å²) in [6, 6.07) is 1.62. The van der Waals surface area contributed by atoms with Crippen LogP contribution in [-0.4, -0.2) is 26.2 Å². The lowest BCUT2D eigenvalue weighted by molar-refractivity contribution is 0.101. The van der Waals surface area contributed by atoms with E-state index in [0.29, 0.717) is 11.5 Å². The van der Waals surface area contributed by atoms with Crippen LogP contribution in [0.5, 0.6) is 0 Å². The molecule has 0 aliphatic carbocycles. The highest BCUT2D eigenvalue weighted by Gasteiger charge is 2.14. The summed E-state index contributed by atoms with van der Waals surface area (Å²) >= 11 is 0. The van der Waals surface area contributed by atoms with Gasteiger partial charge in [0.25, 0.3) is 5.91 Å². The molecule has 0 bridgehead atoms. The Morgan fingerprint density at radius 2 is 2.41 bits per heavy atom. The number of carbonyl (C=O) groups excluding carboxylic acids is 1. The minimum absolute atomic E-state index is 0.0995. The molecule has 0 fully saturated rings. The van der Waals surface area contributed by atoms with Crippen molar-refractivity contribution < 1.29 is 9.32 Å². The lowest BCUT2D eigenvalue weighted by Crippen LogP contribution is -2.13. The van der Waals surface area contributed by atoms with Crippen LogP contribution in [0.4, 0.5) is 5.88 Å². The number of hydrogen-bond donors (Lipinski definition) is 2. The number of aromatic nitrogens is 4. The van der Waals surface area contributed by atoms with E-state index in [1.54, 1.807) is 13.0 Å². The summed E-state index contributed by atoms with van der Waals surface area (Å²) in [6.45, 7) is 3.80. The number of H-pyrrole nitrogens is 1. The van der Waals surface area contributed by atoms with E-state index >= 15 is 0 Å². The van der Waals surface area contributed by atoms with Crippen molar-refractivity contribution in [2.24, 2.45) is 0 Å². The Labute approximate surface area is 97.6 Å². The van der Waals surface area contributed by atoms with Crippen LogP contribution in [0.1, 0.15) is 35.5 Å². The van der Waals surface area contributed by atoms with E-state index in [2.05, 4.69) is 25.7 Å². The van der Waals surface area contributed by atoms with Crippen molar-refractivity contribution in [3.63, 3.8) is 0 Å². The number of nitrogens with one attached hydrogen (secondary N) is 2. The number of aryl methyl sites for hydroxylation is 2. The van der Waals surface area contributed by atoms with E-state index in [0.717, 1.165) is 12.8 Å². The summed E-state index contributed by atoms with van der Waals surface area (Å²) in [5.41, 5.74) is 0.696. The van der Waals surface area contributed by atoms with Gasteiger partial charge in [0, 0.05) is 12.5 Å². The van der Waals surface area contributed by atoms with Crippen LogP contribution in [0.2, 0.25) is 0 Å². The van der Waals surface area contributed by atoms with Gasteiger partial charge in [0.1, 0.15) is 5.82 Å². The number of aromatic amines is 1. The molecule has 2 N–H and O–H groups in total. The summed E-state index contributed by atoms with van der Waals surface area (Å²) < 4.78 is 4.86. The molecule has 7 heteroatoms. The lowest BCUT2D eigenvalue weighted by Gasteiger charge is -1.94. The maximum absolute atomic E-state index is 11.7. The number of carbonyl (C=O) groups is 1. The molecule has 1 amide bonds. The topological polar surface area (TPSA) is 96.7 Å². The number of amides is 1. The molecule has 0 saturated heterocycles. The predicted molar refractivity (Wildman–Crippen MR) is 59.6 cm³/mol. The second-order valence-electron chi connectivity index (χ2n) is 3.64. The smallest absolute Gasteiger partial charge is 0.297 e. The molecule has 90 valence electrons. The molecule has 0 aromatic carbocycles. The molecule has 2 aromatic heterocycles. The van der Waals surface area contributed by atoms with E-state index in [4.69, 9.17) is 4.52 Å². The maximum Gasteiger partial charge on any atom is 0.297 e. The summed E-state index contributed by atoms with van der Waals surface area (Å²) in [6.07, 6.45) is 1.71. The quantitative estimate of drug-likeness (QED) is 0.832. The number of rotatable bonds is 4. The first-order valence-corrected chi connectivity index (χ1v) is 5.35. The average Bonchev–Trinajstić information content (AvgIpc) is 2.88. The zero-order chi connectivity index (χ0) is 12.3. The Hall–Kier alpha value is -2.18. The Balaban J connectivity index is 2.03. The van der Waals surface area contributed by atoms with Gasteiger partial charge in [-0.05, 0) is 13.3 Å². The fourth-order valence-corrected chi connectivity index (χ4v) is 1.34. The van der Waals surface area contributed by atoms with Gasteiger partial charge >= 0.3 is 0 Å². The second-order valence-corrected chi connectivity index (χ2v) is 3.64. The van der Waals surface area contributed by atoms with E-state index in [-0.39, 0.29) is 11.7 Å². The van der Waals surface area contributed by atoms with Crippen molar-refractivity contribution in [1.29, 1.82) is 0 Å². The first-order valence-electron chi connectivity index (χ1n) is 5.35. The van der Waals surface area contributed by atoms with Crippen LogP contribution in [0.25, 0.3) is 0 Å². The Morgan fingerprint density at radius 1 is 1.59 bits per heavy atom. The fourth-order valence-electron chi connectivity index (χ4n) is 1.34. The van der Waals surface area contributed by atoms with Crippen LogP contribution in [0.15, 0.2) is 10.6 Å². The van der Waals surface area contributed by atoms with Crippen molar-refractivity contribution in [2.75, 3.05) is 5.32 Å². The minimum Gasteiger partial charge on any atom is -0.338 e. The molecule has 2 rings (SSSR count). The fraction of sp³-hybridized carbons (Fsp3) is 0.400. The third-order valence-corrected chi connectivity index (χ3v) is 2.09. The van der Waals surface area contributed by atoms with Crippen molar-refractivity contribution in [2.45, 2.75) is 26.7 Å². The molecule has 0 saturated carbocycles. The van der Waals surface area contributed by atoms with E-state index in [9.17, 15) is 4.79 Å². The zero-order valence-electron chi connectivity index (χ0n) is 9.65. The summed E-state index contributed by atoms with van der Waals surface area (Å²) in [7, 11) is 0. The van der Waals surface area contributed by atoms with Crippen LogP contribution in [0, 0.1) is 6.92 Å². The Kier molecular flexibility index (Phi) is 3.17.